The molecule has 2 aromatic rings. The Morgan fingerprint density at radius 2 is 2.19 bits per heavy atom. The molecule has 2 N–H and O–H groups in total. The molecule has 0 spiro atoms. The van der Waals surface area contributed by atoms with Gasteiger partial charge < -0.3 is 15.3 Å². The zero-order valence-corrected chi connectivity index (χ0v) is 14.6. The molecule has 2 atom stereocenters. The summed E-state index contributed by atoms with van der Waals surface area (Å²) in [7, 11) is 1.79. The Morgan fingerprint density at radius 3 is 2.85 bits per heavy atom. The van der Waals surface area contributed by atoms with Gasteiger partial charge in [-0.2, -0.15) is 5.10 Å². The average Bonchev–Trinajstić information content (AvgIpc) is 3.52. The highest BCUT2D eigenvalue weighted by molar-refractivity contribution is 6.04. The highest BCUT2D eigenvalue weighted by Crippen LogP contribution is 2.46. The molecule has 1 heterocycles. The van der Waals surface area contributed by atoms with Gasteiger partial charge in [0.1, 0.15) is 0 Å². The monoisotopic (exact) mass is 354 g/mol. The number of carbonyl (C=O) groups is 2. The molecular weight excluding hydrogens is 332 g/mol. The molecule has 136 valence electrons. The van der Waals surface area contributed by atoms with Gasteiger partial charge in [0.15, 0.2) is 0 Å². The zero-order valence-electron chi connectivity index (χ0n) is 14.6. The number of hydrogen-bond donors (Lipinski definition) is 2. The fraction of sp³-hybridized carbons (Fsp3) is 0.421. The molecule has 7 nitrogen and oxygen atoms in total. The number of rotatable bonds is 6. The summed E-state index contributed by atoms with van der Waals surface area (Å²) in [6, 6.07) is 7.50. The fourth-order valence-electron chi connectivity index (χ4n) is 3.42. The van der Waals surface area contributed by atoms with Crippen LogP contribution in [0.1, 0.15) is 41.1 Å². The topological polar surface area (TPSA) is 87.5 Å². The van der Waals surface area contributed by atoms with Gasteiger partial charge in [-0.1, -0.05) is 12.1 Å². The van der Waals surface area contributed by atoms with E-state index in [2.05, 4.69) is 10.4 Å². The minimum absolute atomic E-state index is 0.0322. The smallest absolute Gasteiger partial charge is 0.407 e. The Kier molecular flexibility index (Phi) is 4.14. The van der Waals surface area contributed by atoms with Gasteiger partial charge in [-0.25, -0.2) is 4.79 Å². The van der Waals surface area contributed by atoms with E-state index in [1.54, 1.807) is 35.1 Å². The lowest BCUT2D eigenvalue weighted by Gasteiger charge is -2.19. The van der Waals surface area contributed by atoms with E-state index in [-0.39, 0.29) is 17.9 Å². The summed E-state index contributed by atoms with van der Waals surface area (Å²) in [6.45, 7) is 0.637. The zero-order chi connectivity index (χ0) is 18.3. The molecule has 0 saturated heterocycles. The second-order valence-corrected chi connectivity index (χ2v) is 7.27. The van der Waals surface area contributed by atoms with Crippen molar-refractivity contribution in [2.24, 2.45) is 13.0 Å². The molecule has 26 heavy (non-hydrogen) atoms. The molecule has 1 aromatic carbocycles. The molecule has 0 unspecified atom stereocenters. The minimum atomic E-state index is -0.838. The average molecular weight is 354 g/mol. The molecule has 1 aromatic heterocycles. The molecule has 0 radical (unpaired) electrons. The quantitative estimate of drug-likeness (QED) is 0.835. The maximum atomic E-state index is 12.4. The first-order valence-electron chi connectivity index (χ1n) is 8.91. The highest BCUT2D eigenvalue weighted by atomic mass is 16.4. The molecule has 2 fully saturated rings. The lowest BCUT2D eigenvalue weighted by molar-refractivity contribution is 0.102. The van der Waals surface area contributed by atoms with Crippen LogP contribution in [0.4, 0.5) is 10.5 Å². The summed E-state index contributed by atoms with van der Waals surface area (Å²) in [6.07, 6.45) is 5.58. The van der Waals surface area contributed by atoms with Gasteiger partial charge in [-0.3, -0.25) is 9.48 Å². The summed E-state index contributed by atoms with van der Waals surface area (Å²) < 4.78 is 1.63. The van der Waals surface area contributed by atoms with Crippen LogP contribution < -0.4 is 5.32 Å². The molecule has 2 amide bonds. The van der Waals surface area contributed by atoms with Gasteiger partial charge in [0.2, 0.25) is 0 Å². The molecule has 4 rings (SSSR count). The maximum absolute atomic E-state index is 12.4. The van der Waals surface area contributed by atoms with Crippen LogP contribution in [0.2, 0.25) is 0 Å². The Labute approximate surface area is 151 Å². The molecule has 2 saturated carbocycles. The predicted molar refractivity (Wildman–Crippen MR) is 96.2 cm³/mol. The van der Waals surface area contributed by atoms with Crippen LogP contribution in [0.25, 0.3) is 0 Å². The number of amides is 2. The van der Waals surface area contributed by atoms with E-state index in [9.17, 15) is 14.7 Å². The summed E-state index contributed by atoms with van der Waals surface area (Å²) >= 11 is 0. The number of anilines is 1. The van der Waals surface area contributed by atoms with E-state index < -0.39 is 6.09 Å². The maximum Gasteiger partial charge on any atom is 0.407 e. The van der Waals surface area contributed by atoms with Crippen LogP contribution in [-0.2, 0) is 7.05 Å². The largest absolute Gasteiger partial charge is 0.465 e. The Morgan fingerprint density at radius 1 is 1.38 bits per heavy atom. The third-order valence-corrected chi connectivity index (χ3v) is 5.09. The summed E-state index contributed by atoms with van der Waals surface area (Å²) in [5.41, 5.74) is 2.24. The summed E-state index contributed by atoms with van der Waals surface area (Å²) in [5, 5.41) is 16.3. The lowest BCUT2D eigenvalue weighted by atomic mass is 10.1. The molecular formula is C19H22N4O3. The normalized spacial score (nSPS) is 21.3. The van der Waals surface area contributed by atoms with Crippen LogP contribution in [0.3, 0.4) is 0 Å². The number of carbonyl (C=O) groups excluding carboxylic acids is 1. The van der Waals surface area contributed by atoms with Crippen LogP contribution >= 0.6 is 0 Å². The van der Waals surface area contributed by atoms with E-state index >= 15 is 0 Å². The van der Waals surface area contributed by atoms with E-state index in [0.29, 0.717) is 23.7 Å². The summed E-state index contributed by atoms with van der Waals surface area (Å²) in [4.78, 5) is 25.6. The number of hydrogen-bond acceptors (Lipinski definition) is 3. The van der Waals surface area contributed by atoms with Crippen LogP contribution in [0.15, 0.2) is 36.7 Å². The van der Waals surface area contributed by atoms with Crippen molar-refractivity contribution in [2.45, 2.75) is 31.2 Å². The first-order chi connectivity index (χ1) is 12.5. The third kappa shape index (κ3) is 3.56. The number of aryl methyl sites for hydroxylation is 1. The second-order valence-electron chi connectivity index (χ2n) is 7.27. The van der Waals surface area contributed by atoms with Gasteiger partial charge in [0, 0.05) is 37.3 Å². The van der Waals surface area contributed by atoms with Gasteiger partial charge in [-0.15, -0.1) is 0 Å². The van der Waals surface area contributed by atoms with Crippen molar-refractivity contribution in [2.75, 3.05) is 11.9 Å². The summed E-state index contributed by atoms with van der Waals surface area (Å²) in [5.74, 6) is 0.519. The highest BCUT2D eigenvalue weighted by Gasteiger charge is 2.46. The predicted octanol–water partition coefficient (Wildman–Crippen LogP) is 2.92. The standard InChI is InChI=1S/C19H22N4O3/c1-22-11-15(9-20-22)21-18(24)14-4-2-3-13(7-14)16-8-17(16)23(19(25)26)10-12-5-6-12/h2-4,7,9,11-12,16-17H,5-6,8,10H2,1H3,(H,21,24)(H,25,26)/t16-,17+/m0/s1. The Balaban J connectivity index is 1.44. The molecule has 0 aliphatic heterocycles. The van der Waals surface area contributed by atoms with Crippen molar-refractivity contribution in [3.8, 4) is 0 Å². The molecule has 0 bridgehead atoms. The molecule has 2 aliphatic rings. The first kappa shape index (κ1) is 16.6. The van der Waals surface area contributed by atoms with Crippen LogP contribution in [-0.4, -0.2) is 44.4 Å². The van der Waals surface area contributed by atoms with Crippen molar-refractivity contribution in [3.05, 3.63) is 47.8 Å². The second kappa shape index (κ2) is 6.48. The number of aromatic nitrogens is 2. The van der Waals surface area contributed by atoms with Crippen LogP contribution in [0, 0.1) is 5.92 Å². The Bertz CT molecular complexity index is 843. The molecule has 2 aliphatic carbocycles. The van der Waals surface area contributed by atoms with E-state index in [4.69, 9.17) is 0 Å². The van der Waals surface area contributed by atoms with E-state index in [1.807, 2.05) is 18.2 Å². The van der Waals surface area contributed by atoms with E-state index in [1.165, 1.54) is 0 Å². The number of carboxylic acid groups (broad SMARTS) is 1. The third-order valence-electron chi connectivity index (χ3n) is 5.09. The van der Waals surface area contributed by atoms with Crippen molar-refractivity contribution in [3.63, 3.8) is 0 Å². The van der Waals surface area contributed by atoms with Gasteiger partial charge in [0.25, 0.3) is 5.91 Å². The number of nitrogens with zero attached hydrogens (tertiary/aromatic N) is 3. The van der Waals surface area contributed by atoms with Gasteiger partial charge in [-0.05, 0) is 42.9 Å². The van der Waals surface area contributed by atoms with Crippen molar-refractivity contribution < 1.29 is 14.7 Å². The Hall–Kier alpha value is -2.83. The first-order valence-corrected chi connectivity index (χ1v) is 8.91. The van der Waals surface area contributed by atoms with Crippen molar-refractivity contribution in [1.82, 2.24) is 14.7 Å². The number of benzene rings is 1. The SMILES string of the molecule is Cn1cc(NC(=O)c2cccc([C@@H]3C[C@H]3N(CC3CC3)C(=O)O)c2)cn1. The van der Waals surface area contributed by atoms with Crippen molar-refractivity contribution >= 4 is 17.7 Å². The minimum Gasteiger partial charge on any atom is -0.465 e. The van der Waals surface area contributed by atoms with Gasteiger partial charge >= 0.3 is 6.09 Å². The molecule has 7 heteroatoms. The van der Waals surface area contributed by atoms with Crippen LogP contribution in [0.5, 0.6) is 0 Å². The van der Waals surface area contributed by atoms with E-state index in [0.717, 1.165) is 24.8 Å². The lowest BCUT2D eigenvalue weighted by Crippen LogP contribution is -2.34. The number of nitrogens with one attached hydrogen (secondary N) is 1. The van der Waals surface area contributed by atoms with Gasteiger partial charge in [0.05, 0.1) is 11.9 Å². The fourth-order valence-corrected chi connectivity index (χ4v) is 3.42. The van der Waals surface area contributed by atoms with Crippen molar-refractivity contribution in [1.29, 1.82) is 0 Å².